The van der Waals surface area contributed by atoms with Crippen LogP contribution >= 0.6 is 0 Å². The second-order valence-electron chi connectivity index (χ2n) is 5.11. The van der Waals surface area contributed by atoms with Crippen LogP contribution in [-0.2, 0) is 0 Å². The molecule has 0 saturated carbocycles. The minimum atomic E-state index is -0.754. The third kappa shape index (κ3) is 4.42. The number of ether oxygens (including phenoxy) is 3. The summed E-state index contributed by atoms with van der Waals surface area (Å²) < 4.78 is 15.2. The number of methoxy groups -OCH3 is 3. The summed E-state index contributed by atoms with van der Waals surface area (Å²) in [4.78, 5) is 22.5. The Hall–Kier alpha value is -3.82. The van der Waals surface area contributed by atoms with Gasteiger partial charge in [0.25, 0.3) is 5.91 Å². The smallest absolute Gasteiger partial charge is 0.315 e. The molecule has 0 saturated heterocycles. The lowest BCUT2D eigenvalue weighted by molar-refractivity contribution is -0.385. The van der Waals surface area contributed by atoms with E-state index < -0.39 is 22.3 Å². The zero-order valence-corrected chi connectivity index (χ0v) is 14.8. The van der Waals surface area contributed by atoms with Crippen LogP contribution in [-0.4, -0.2) is 43.5 Å². The number of benzene rings is 2. The van der Waals surface area contributed by atoms with E-state index in [1.807, 2.05) is 0 Å². The molecule has 10 nitrogen and oxygen atoms in total. The van der Waals surface area contributed by atoms with Gasteiger partial charge >= 0.3 is 5.69 Å². The fraction of sp³-hybridized carbons (Fsp3) is 0.176. The Balaban J connectivity index is 2.24. The minimum Gasteiger partial charge on any atom is -0.502 e. The Bertz CT molecular complexity index is 896. The molecular weight excluding hydrogens is 358 g/mol. The van der Waals surface area contributed by atoms with E-state index in [-0.39, 0.29) is 22.6 Å². The van der Waals surface area contributed by atoms with Crippen molar-refractivity contribution in [2.75, 3.05) is 21.3 Å². The highest BCUT2D eigenvalue weighted by Gasteiger charge is 2.19. The van der Waals surface area contributed by atoms with Gasteiger partial charge in [-0.1, -0.05) is 0 Å². The molecule has 2 aromatic rings. The molecule has 2 N–H and O–H groups in total. The predicted molar refractivity (Wildman–Crippen MR) is 95.9 cm³/mol. The van der Waals surface area contributed by atoms with E-state index in [4.69, 9.17) is 14.2 Å². The number of hydrazone groups is 1. The lowest BCUT2D eigenvalue weighted by Crippen LogP contribution is -2.18. The number of hydrogen-bond donors (Lipinski definition) is 2. The Kier molecular flexibility index (Phi) is 6.15. The summed E-state index contributed by atoms with van der Waals surface area (Å²) in [7, 11) is 4.22. The van der Waals surface area contributed by atoms with Crippen LogP contribution in [0.4, 0.5) is 5.69 Å². The molecule has 0 aliphatic heterocycles. The van der Waals surface area contributed by atoms with E-state index in [9.17, 15) is 20.0 Å². The maximum Gasteiger partial charge on any atom is 0.315 e. The number of phenolic OH excluding ortho intramolecular Hbond substituents is 1. The van der Waals surface area contributed by atoms with Crippen LogP contribution in [0.2, 0.25) is 0 Å². The van der Waals surface area contributed by atoms with Crippen molar-refractivity contribution in [1.82, 2.24) is 5.43 Å². The molecule has 0 fully saturated rings. The number of carbonyl (C=O) groups is 1. The van der Waals surface area contributed by atoms with Crippen LogP contribution in [0.3, 0.4) is 0 Å². The quantitative estimate of drug-likeness (QED) is 0.430. The zero-order chi connectivity index (χ0) is 20.0. The summed E-state index contributed by atoms with van der Waals surface area (Å²) in [5.74, 6) is -0.227. The van der Waals surface area contributed by atoms with Gasteiger partial charge in [0, 0.05) is 11.6 Å². The van der Waals surface area contributed by atoms with Crippen molar-refractivity contribution < 1.29 is 29.0 Å². The van der Waals surface area contributed by atoms with Gasteiger partial charge in [-0.2, -0.15) is 5.10 Å². The molecule has 10 heteroatoms. The van der Waals surface area contributed by atoms with Gasteiger partial charge < -0.3 is 19.3 Å². The topological polar surface area (TPSA) is 133 Å². The first kappa shape index (κ1) is 19.5. The van der Waals surface area contributed by atoms with Crippen molar-refractivity contribution in [2.24, 2.45) is 5.10 Å². The third-order valence-corrected chi connectivity index (χ3v) is 3.55. The fourth-order valence-electron chi connectivity index (χ4n) is 2.18. The van der Waals surface area contributed by atoms with Crippen LogP contribution in [0, 0.1) is 10.1 Å². The Labute approximate surface area is 154 Å². The lowest BCUT2D eigenvalue weighted by Gasteiger charge is -2.09. The highest BCUT2D eigenvalue weighted by molar-refractivity contribution is 5.98. The summed E-state index contributed by atoms with van der Waals surface area (Å²) >= 11 is 0. The van der Waals surface area contributed by atoms with E-state index >= 15 is 0 Å². The maximum atomic E-state index is 12.3. The number of phenols is 1. The van der Waals surface area contributed by atoms with Crippen molar-refractivity contribution >= 4 is 17.8 Å². The molecule has 0 bridgehead atoms. The van der Waals surface area contributed by atoms with Gasteiger partial charge in [-0.05, 0) is 18.2 Å². The van der Waals surface area contributed by atoms with Gasteiger partial charge in [-0.3, -0.25) is 14.9 Å². The van der Waals surface area contributed by atoms with Crippen molar-refractivity contribution in [3.8, 4) is 23.0 Å². The summed E-state index contributed by atoms with van der Waals surface area (Å²) in [6, 6.07) is 7.03. The average Bonchev–Trinajstić information content (AvgIpc) is 2.68. The number of nitro groups is 1. The molecule has 0 radical (unpaired) electrons. The number of carbonyl (C=O) groups excluding carboxylic acids is 1. The number of hydrogen-bond acceptors (Lipinski definition) is 8. The minimum absolute atomic E-state index is 0.00282. The van der Waals surface area contributed by atoms with Crippen LogP contribution in [0.15, 0.2) is 35.4 Å². The first-order valence-corrected chi connectivity index (χ1v) is 7.52. The van der Waals surface area contributed by atoms with Gasteiger partial charge in [0.05, 0.1) is 44.1 Å². The fourth-order valence-corrected chi connectivity index (χ4v) is 2.18. The van der Waals surface area contributed by atoms with E-state index in [2.05, 4.69) is 10.5 Å². The van der Waals surface area contributed by atoms with E-state index in [1.54, 1.807) is 6.07 Å². The molecule has 0 aliphatic rings. The summed E-state index contributed by atoms with van der Waals surface area (Å²) in [6.45, 7) is 0. The number of aromatic hydroxyl groups is 1. The second kappa shape index (κ2) is 8.52. The number of rotatable bonds is 7. The Morgan fingerprint density at radius 3 is 2.44 bits per heavy atom. The van der Waals surface area contributed by atoms with Crippen molar-refractivity contribution in [2.45, 2.75) is 0 Å². The lowest BCUT2D eigenvalue weighted by atomic mass is 10.1. The molecule has 2 rings (SSSR count). The van der Waals surface area contributed by atoms with Gasteiger partial charge in [0.1, 0.15) is 17.2 Å². The maximum absolute atomic E-state index is 12.3. The van der Waals surface area contributed by atoms with Crippen molar-refractivity contribution in [3.63, 3.8) is 0 Å². The van der Waals surface area contributed by atoms with Crippen LogP contribution in [0.1, 0.15) is 15.9 Å². The van der Waals surface area contributed by atoms with E-state index in [0.717, 1.165) is 12.3 Å². The highest BCUT2D eigenvalue weighted by Crippen LogP contribution is 2.33. The average molecular weight is 375 g/mol. The molecule has 0 atom stereocenters. The Morgan fingerprint density at radius 1 is 1.15 bits per heavy atom. The third-order valence-electron chi connectivity index (χ3n) is 3.55. The number of amides is 1. The predicted octanol–water partition coefficient (Wildman–Crippen LogP) is 2.09. The molecule has 0 aromatic heterocycles. The highest BCUT2D eigenvalue weighted by atomic mass is 16.6. The molecule has 0 heterocycles. The SMILES string of the molecule is COc1ccc(C(=O)N/N=C\c2cc(OC)cc([N+](=O)[O-])c2O)c(OC)c1. The molecule has 0 spiro atoms. The van der Waals surface area contributed by atoms with E-state index in [1.165, 1.54) is 39.5 Å². The van der Waals surface area contributed by atoms with Crippen LogP contribution < -0.4 is 19.6 Å². The summed E-state index contributed by atoms with van der Waals surface area (Å²) in [5, 5.41) is 24.7. The van der Waals surface area contributed by atoms with Crippen LogP contribution in [0.25, 0.3) is 0 Å². The Morgan fingerprint density at radius 2 is 1.85 bits per heavy atom. The van der Waals surface area contributed by atoms with Crippen molar-refractivity contribution in [3.05, 3.63) is 51.6 Å². The van der Waals surface area contributed by atoms with E-state index in [0.29, 0.717) is 5.75 Å². The number of nitro benzene ring substituents is 1. The standard InChI is InChI=1S/C17H17N3O7/c1-25-11-4-5-13(15(8-11)27-3)17(22)19-18-9-10-6-12(26-2)7-14(16(10)21)20(23)24/h4-9,21H,1-3H3,(H,19,22)/b18-9-. The monoisotopic (exact) mass is 375 g/mol. The van der Waals surface area contributed by atoms with Crippen LogP contribution in [0.5, 0.6) is 23.0 Å². The largest absolute Gasteiger partial charge is 0.502 e. The zero-order valence-electron chi connectivity index (χ0n) is 14.8. The molecule has 0 aliphatic carbocycles. The molecule has 2 aromatic carbocycles. The van der Waals surface area contributed by atoms with Gasteiger partial charge in [-0.25, -0.2) is 5.43 Å². The first-order valence-electron chi connectivity index (χ1n) is 7.52. The van der Waals surface area contributed by atoms with Crippen molar-refractivity contribution in [1.29, 1.82) is 0 Å². The number of nitrogens with one attached hydrogen (secondary N) is 1. The molecule has 142 valence electrons. The van der Waals surface area contributed by atoms with Gasteiger partial charge in [-0.15, -0.1) is 0 Å². The molecule has 1 amide bonds. The molecule has 27 heavy (non-hydrogen) atoms. The second-order valence-corrected chi connectivity index (χ2v) is 5.11. The summed E-state index contributed by atoms with van der Waals surface area (Å²) in [6.07, 6.45) is 1.07. The summed E-state index contributed by atoms with van der Waals surface area (Å²) in [5.41, 5.74) is 1.93. The van der Waals surface area contributed by atoms with Gasteiger partial charge in [0.15, 0.2) is 0 Å². The number of nitrogens with zero attached hydrogens (tertiary/aromatic N) is 2. The van der Waals surface area contributed by atoms with Gasteiger partial charge in [0.2, 0.25) is 5.75 Å². The molecular formula is C17H17N3O7. The molecule has 0 unspecified atom stereocenters. The normalized spacial score (nSPS) is 10.5. The first-order chi connectivity index (χ1) is 12.9.